The number of amides is 1. The van der Waals surface area contributed by atoms with Gasteiger partial charge in [0.25, 0.3) is 0 Å². The van der Waals surface area contributed by atoms with Crippen molar-refractivity contribution in [3.8, 4) is 0 Å². The third-order valence-corrected chi connectivity index (χ3v) is 4.51. The molecule has 5 nitrogen and oxygen atoms in total. The van der Waals surface area contributed by atoms with E-state index in [9.17, 15) is 9.59 Å². The zero-order chi connectivity index (χ0) is 17.6. The maximum atomic E-state index is 12.5. The largest absolute Gasteiger partial charge is 0.467 e. The van der Waals surface area contributed by atoms with Crippen LogP contribution in [0.4, 0.5) is 4.79 Å². The van der Waals surface area contributed by atoms with Crippen molar-refractivity contribution in [2.75, 3.05) is 13.7 Å². The van der Waals surface area contributed by atoms with E-state index < -0.39 is 18.1 Å². The Bertz CT molecular complexity index is 717. The fourth-order valence-corrected chi connectivity index (χ4v) is 3.26. The van der Waals surface area contributed by atoms with Crippen LogP contribution in [0.5, 0.6) is 0 Å². The second kappa shape index (κ2) is 7.83. The molecule has 0 radical (unpaired) electrons. The Morgan fingerprint density at radius 2 is 1.68 bits per heavy atom. The van der Waals surface area contributed by atoms with Crippen LogP contribution in [0.15, 0.2) is 60.7 Å². The van der Waals surface area contributed by atoms with Gasteiger partial charge >= 0.3 is 12.1 Å². The van der Waals surface area contributed by atoms with Gasteiger partial charge in [-0.05, 0) is 17.5 Å². The van der Waals surface area contributed by atoms with Crippen LogP contribution in [-0.4, -0.2) is 36.7 Å². The number of likely N-dealkylation sites (tertiary alicyclic amines) is 1. The van der Waals surface area contributed by atoms with Crippen molar-refractivity contribution in [3.05, 3.63) is 71.8 Å². The molecule has 2 aromatic carbocycles. The summed E-state index contributed by atoms with van der Waals surface area (Å²) in [5.74, 6) is -0.499. The fraction of sp³-hybridized carbons (Fsp3) is 0.300. The normalized spacial score (nSPS) is 19.5. The predicted octanol–water partition coefficient (Wildman–Crippen LogP) is 3.35. The molecule has 3 rings (SSSR count). The Morgan fingerprint density at radius 1 is 1.04 bits per heavy atom. The molecule has 0 saturated carbocycles. The van der Waals surface area contributed by atoms with E-state index in [2.05, 4.69) is 0 Å². The van der Waals surface area contributed by atoms with E-state index in [1.165, 1.54) is 12.0 Å². The second-order valence-electron chi connectivity index (χ2n) is 6.01. The highest BCUT2D eigenvalue weighted by Crippen LogP contribution is 2.34. The minimum absolute atomic E-state index is 0.0853. The van der Waals surface area contributed by atoms with Gasteiger partial charge in [-0.15, -0.1) is 0 Å². The standard InChI is InChI=1S/C20H21NO4/c1-24-19(22)18-17(16-10-6-3-7-11-16)12-13-21(18)20(23)25-14-15-8-4-2-5-9-15/h2-11,17-18H,12-14H2,1H3/t17-,18+/m1/s1. The lowest BCUT2D eigenvalue weighted by molar-refractivity contribution is -0.145. The van der Waals surface area contributed by atoms with Crippen molar-refractivity contribution in [3.63, 3.8) is 0 Å². The highest BCUT2D eigenvalue weighted by molar-refractivity contribution is 5.83. The van der Waals surface area contributed by atoms with Crippen LogP contribution in [0.2, 0.25) is 0 Å². The third kappa shape index (κ3) is 3.82. The average Bonchev–Trinajstić information content (AvgIpc) is 3.12. The van der Waals surface area contributed by atoms with E-state index in [0.717, 1.165) is 11.1 Å². The fourth-order valence-electron chi connectivity index (χ4n) is 3.26. The minimum Gasteiger partial charge on any atom is -0.467 e. The summed E-state index contributed by atoms with van der Waals surface area (Å²) in [6.07, 6.45) is 0.210. The first kappa shape index (κ1) is 17.0. The Labute approximate surface area is 147 Å². The van der Waals surface area contributed by atoms with Crippen LogP contribution in [-0.2, 0) is 20.9 Å². The molecule has 1 fully saturated rings. The minimum atomic E-state index is -0.657. The van der Waals surface area contributed by atoms with Gasteiger partial charge in [0.1, 0.15) is 12.6 Å². The molecular formula is C20H21NO4. The number of esters is 1. The lowest BCUT2D eigenvalue weighted by Crippen LogP contribution is -2.43. The molecule has 1 heterocycles. The van der Waals surface area contributed by atoms with Gasteiger partial charge in [0.05, 0.1) is 7.11 Å². The topological polar surface area (TPSA) is 55.8 Å². The molecule has 1 saturated heterocycles. The number of rotatable bonds is 4. The van der Waals surface area contributed by atoms with E-state index >= 15 is 0 Å². The molecule has 0 aliphatic carbocycles. The summed E-state index contributed by atoms with van der Waals surface area (Å²) in [5.41, 5.74) is 1.93. The summed E-state index contributed by atoms with van der Waals surface area (Å²) in [6, 6.07) is 18.5. The molecule has 0 N–H and O–H groups in total. The number of carbonyl (C=O) groups excluding carboxylic acids is 2. The molecule has 1 amide bonds. The monoisotopic (exact) mass is 339 g/mol. The average molecular weight is 339 g/mol. The number of nitrogens with zero attached hydrogens (tertiary/aromatic N) is 1. The van der Waals surface area contributed by atoms with Crippen LogP contribution in [0.3, 0.4) is 0 Å². The molecule has 2 atom stereocenters. The van der Waals surface area contributed by atoms with Gasteiger partial charge < -0.3 is 9.47 Å². The van der Waals surface area contributed by atoms with Crippen molar-refractivity contribution in [1.82, 2.24) is 4.90 Å². The number of benzene rings is 2. The summed E-state index contributed by atoms with van der Waals surface area (Å²) in [7, 11) is 1.34. The van der Waals surface area contributed by atoms with Gasteiger partial charge in [0.15, 0.2) is 0 Å². The van der Waals surface area contributed by atoms with E-state index in [0.29, 0.717) is 13.0 Å². The molecule has 5 heteroatoms. The van der Waals surface area contributed by atoms with Crippen molar-refractivity contribution in [2.45, 2.75) is 25.0 Å². The summed E-state index contributed by atoms with van der Waals surface area (Å²) in [6.45, 7) is 0.646. The van der Waals surface area contributed by atoms with Crippen LogP contribution < -0.4 is 0 Å². The van der Waals surface area contributed by atoms with Gasteiger partial charge in [0, 0.05) is 12.5 Å². The highest BCUT2D eigenvalue weighted by atomic mass is 16.6. The molecule has 0 bridgehead atoms. The number of hydrogen-bond donors (Lipinski definition) is 0. The van der Waals surface area contributed by atoms with Crippen LogP contribution in [0, 0.1) is 0 Å². The number of ether oxygens (including phenoxy) is 2. The van der Waals surface area contributed by atoms with Crippen molar-refractivity contribution in [2.24, 2.45) is 0 Å². The van der Waals surface area contributed by atoms with E-state index in [4.69, 9.17) is 9.47 Å². The first-order valence-corrected chi connectivity index (χ1v) is 8.31. The maximum Gasteiger partial charge on any atom is 0.410 e. The molecule has 1 aliphatic heterocycles. The van der Waals surface area contributed by atoms with Gasteiger partial charge in [0.2, 0.25) is 0 Å². The van der Waals surface area contributed by atoms with Crippen LogP contribution in [0.25, 0.3) is 0 Å². The maximum absolute atomic E-state index is 12.5. The number of carbonyl (C=O) groups is 2. The summed E-state index contributed by atoms with van der Waals surface area (Å²) < 4.78 is 10.3. The predicted molar refractivity (Wildman–Crippen MR) is 92.9 cm³/mol. The first-order chi connectivity index (χ1) is 12.2. The molecule has 130 valence electrons. The smallest absolute Gasteiger partial charge is 0.410 e. The molecule has 2 aromatic rings. The highest BCUT2D eigenvalue weighted by Gasteiger charge is 2.44. The zero-order valence-corrected chi connectivity index (χ0v) is 14.1. The SMILES string of the molecule is COC(=O)[C@@H]1[C@@H](c2ccccc2)CCN1C(=O)OCc1ccccc1. The molecule has 25 heavy (non-hydrogen) atoms. The molecule has 0 aromatic heterocycles. The van der Waals surface area contributed by atoms with Gasteiger partial charge in [-0.3, -0.25) is 4.90 Å². The lowest BCUT2D eigenvalue weighted by atomic mass is 9.92. The van der Waals surface area contributed by atoms with Gasteiger partial charge in [-0.2, -0.15) is 0 Å². The van der Waals surface area contributed by atoms with E-state index in [1.807, 2.05) is 60.7 Å². The Balaban J connectivity index is 1.73. The summed E-state index contributed by atoms with van der Waals surface area (Å²) in [4.78, 5) is 26.3. The lowest BCUT2D eigenvalue weighted by Gasteiger charge is -2.25. The third-order valence-electron chi connectivity index (χ3n) is 4.51. The number of methoxy groups -OCH3 is 1. The molecular weight excluding hydrogens is 318 g/mol. The quantitative estimate of drug-likeness (QED) is 0.802. The van der Waals surface area contributed by atoms with E-state index in [1.54, 1.807) is 0 Å². The summed E-state index contributed by atoms with van der Waals surface area (Å²) in [5, 5.41) is 0. The molecule has 1 aliphatic rings. The Hall–Kier alpha value is -2.82. The molecule has 0 spiro atoms. The Morgan fingerprint density at radius 3 is 2.32 bits per heavy atom. The second-order valence-corrected chi connectivity index (χ2v) is 6.01. The van der Waals surface area contributed by atoms with Crippen LogP contribution >= 0.6 is 0 Å². The van der Waals surface area contributed by atoms with Crippen molar-refractivity contribution in [1.29, 1.82) is 0 Å². The van der Waals surface area contributed by atoms with Crippen LogP contribution in [0.1, 0.15) is 23.5 Å². The number of hydrogen-bond acceptors (Lipinski definition) is 4. The Kier molecular flexibility index (Phi) is 5.33. The molecule has 0 unspecified atom stereocenters. The van der Waals surface area contributed by atoms with Crippen molar-refractivity contribution < 1.29 is 19.1 Å². The zero-order valence-electron chi connectivity index (χ0n) is 14.1. The van der Waals surface area contributed by atoms with Gasteiger partial charge in [-0.25, -0.2) is 9.59 Å². The van der Waals surface area contributed by atoms with Crippen molar-refractivity contribution >= 4 is 12.1 Å². The van der Waals surface area contributed by atoms with Gasteiger partial charge in [-0.1, -0.05) is 60.7 Å². The van der Waals surface area contributed by atoms with E-state index in [-0.39, 0.29) is 12.5 Å². The summed E-state index contributed by atoms with van der Waals surface area (Å²) >= 11 is 0. The first-order valence-electron chi connectivity index (χ1n) is 8.31.